The van der Waals surface area contributed by atoms with Crippen LogP contribution >= 0.6 is 0 Å². The summed E-state index contributed by atoms with van der Waals surface area (Å²) in [7, 11) is 0. The Labute approximate surface area is 79.7 Å². The molecule has 13 heavy (non-hydrogen) atoms. The molecule has 2 saturated heterocycles. The first-order valence-corrected chi connectivity index (χ1v) is 5.33. The summed E-state index contributed by atoms with van der Waals surface area (Å²) in [5.74, 6) is 0.381. The van der Waals surface area contributed by atoms with Crippen LogP contribution in [0.5, 0.6) is 0 Å². The van der Waals surface area contributed by atoms with Crippen LogP contribution in [0.4, 0.5) is 0 Å². The van der Waals surface area contributed by atoms with Gasteiger partial charge in [-0.25, -0.2) is 0 Å². The van der Waals surface area contributed by atoms with E-state index in [4.69, 9.17) is 0 Å². The van der Waals surface area contributed by atoms with Crippen molar-refractivity contribution in [3.8, 4) is 0 Å². The average Bonchev–Trinajstić information content (AvgIpc) is 2.18. The molecule has 0 aromatic rings. The number of piperazine rings is 1. The summed E-state index contributed by atoms with van der Waals surface area (Å²) in [6.45, 7) is 6.44. The van der Waals surface area contributed by atoms with E-state index in [0.717, 1.165) is 39.0 Å². The molecular formula is C10H18N2O. The Morgan fingerprint density at radius 3 is 3.08 bits per heavy atom. The number of hydrogen-bond acceptors (Lipinski definition) is 2. The van der Waals surface area contributed by atoms with Crippen molar-refractivity contribution in [1.82, 2.24) is 9.80 Å². The summed E-state index contributed by atoms with van der Waals surface area (Å²) < 4.78 is 0. The molecule has 1 atom stereocenters. The Bertz CT molecular complexity index is 205. The second-order valence-corrected chi connectivity index (χ2v) is 4.03. The molecule has 3 heteroatoms. The lowest BCUT2D eigenvalue weighted by Crippen LogP contribution is -2.56. The fourth-order valence-electron chi connectivity index (χ4n) is 2.41. The lowest BCUT2D eigenvalue weighted by molar-refractivity contribution is -0.139. The molecule has 0 bridgehead atoms. The molecule has 2 aliphatic rings. The zero-order valence-corrected chi connectivity index (χ0v) is 8.33. The number of piperidine rings is 1. The summed E-state index contributed by atoms with van der Waals surface area (Å²) in [6.07, 6.45) is 3.09. The van der Waals surface area contributed by atoms with Crippen LogP contribution in [0.1, 0.15) is 26.2 Å². The molecule has 0 aliphatic carbocycles. The van der Waals surface area contributed by atoms with E-state index in [0.29, 0.717) is 11.9 Å². The number of rotatable bonds is 1. The van der Waals surface area contributed by atoms with Crippen LogP contribution in [0.15, 0.2) is 0 Å². The average molecular weight is 182 g/mol. The van der Waals surface area contributed by atoms with Crippen molar-refractivity contribution in [2.45, 2.75) is 32.2 Å². The van der Waals surface area contributed by atoms with Gasteiger partial charge in [0, 0.05) is 32.1 Å². The van der Waals surface area contributed by atoms with Gasteiger partial charge in [-0.1, -0.05) is 6.92 Å². The largest absolute Gasteiger partial charge is 0.337 e. The summed E-state index contributed by atoms with van der Waals surface area (Å²) in [6, 6.07) is 0.523. The van der Waals surface area contributed by atoms with Gasteiger partial charge in [-0.15, -0.1) is 0 Å². The Balaban J connectivity index is 1.99. The van der Waals surface area contributed by atoms with E-state index in [-0.39, 0.29) is 0 Å². The van der Waals surface area contributed by atoms with E-state index < -0.39 is 0 Å². The van der Waals surface area contributed by atoms with E-state index in [1.54, 1.807) is 0 Å². The highest BCUT2D eigenvalue weighted by Crippen LogP contribution is 2.21. The van der Waals surface area contributed by atoms with Crippen LogP contribution < -0.4 is 0 Å². The number of carbonyl (C=O) groups is 1. The van der Waals surface area contributed by atoms with Crippen LogP contribution in [0.25, 0.3) is 0 Å². The topological polar surface area (TPSA) is 23.6 Å². The summed E-state index contributed by atoms with van der Waals surface area (Å²) in [4.78, 5) is 16.1. The van der Waals surface area contributed by atoms with Crippen LogP contribution in [0.3, 0.4) is 0 Å². The maximum absolute atomic E-state index is 11.5. The summed E-state index contributed by atoms with van der Waals surface area (Å²) in [5.41, 5.74) is 0. The second kappa shape index (κ2) is 3.66. The molecule has 0 radical (unpaired) electrons. The Morgan fingerprint density at radius 1 is 1.46 bits per heavy atom. The van der Waals surface area contributed by atoms with Crippen molar-refractivity contribution in [3.05, 3.63) is 0 Å². The van der Waals surface area contributed by atoms with Gasteiger partial charge in [-0.3, -0.25) is 9.69 Å². The van der Waals surface area contributed by atoms with Crippen LogP contribution in [0.2, 0.25) is 0 Å². The number of likely N-dealkylation sites (N-methyl/N-ethyl adjacent to an activating group) is 1. The summed E-state index contributed by atoms with van der Waals surface area (Å²) in [5, 5.41) is 0. The third-order valence-corrected chi connectivity index (χ3v) is 3.26. The molecule has 1 amide bonds. The van der Waals surface area contributed by atoms with Crippen LogP contribution in [-0.4, -0.2) is 47.9 Å². The molecule has 2 aliphatic heterocycles. The van der Waals surface area contributed by atoms with Crippen molar-refractivity contribution >= 4 is 5.91 Å². The van der Waals surface area contributed by atoms with Crippen molar-refractivity contribution in [3.63, 3.8) is 0 Å². The molecule has 0 unspecified atom stereocenters. The van der Waals surface area contributed by atoms with Gasteiger partial charge in [0.15, 0.2) is 0 Å². The zero-order chi connectivity index (χ0) is 9.26. The van der Waals surface area contributed by atoms with Crippen LogP contribution in [-0.2, 0) is 4.79 Å². The quantitative estimate of drug-likeness (QED) is 0.596. The third kappa shape index (κ3) is 1.70. The van der Waals surface area contributed by atoms with Gasteiger partial charge in [0.25, 0.3) is 0 Å². The van der Waals surface area contributed by atoms with Gasteiger partial charge in [0.2, 0.25) is 5.91 Å². The lowest BCUT2D eigenvalue weighted by atomic mass is 9.99. The first-order valence-electron chi connectivity index (χ1n) is 5.33. The van der Waals surface area contributed by atoms with Gasteiger partial charge < -0.3 is 4.90 Å². The molecule has 0 saturated carbocycles. The van der Waals surface area contributed by atoms with Gasteiger partial charge in [0.05, 0.1) is 0 Å². The predicted molar refractivity (Wildman–Crippen MR) is 51.5 cm³/mol. The maximum Gasteiger partial charge on any atom is 0.222 e. The molecule has 2 heterocycles. The second-order valence-electron chi connectivity index (χ2n) is 4.03. The predicted octanol–water partition coefficient (Wildman–Crippen LogP) is 0.703. The molecule has 74 valence electrons. The monoisotopic (exact) mass is 182 g/mol. The lowest BCUT2D eigenvalue weighted by Gasteiger charge is -2.43. The molecule has 0 aromatic heterocycles. The molecule has 0 N–H and O–H groups in total. The summed E-state index contributed by atoms with van der Waals surface area (Å²) >= 11 is 0. The van der Waals surface area contributed by atoms with Crippen molar-refractivity contribution in [2.75, 3.05) is 26.2 Å². The minimum atomic E-state index is 0.381. The highest BCUT2D eigenvalue weighted by Gasteiger charge is 2.32. The molecular weight excluding hydrogens is 164 g/mol. The first-order chi connectivity index (χ1) is 6.31. The van der Waals surface area contributed by atoms with Crippen LogP contribution in [0, 0.1) is 0 Å². The Kier molecular flexibility index (Phi) is 2.54. The normalized spacial score (nSPS) is 30.4. The third-order valence-electron chi connectivity index (χ3n) is 3.26. The maximum atomic E-state index is 11.5. The fraction of sp³-hybridized carbons (Fsp3) is 0.900. The van der Waals surface area contributed by atoms with Crippen molar-refractivity contribution < 1.29 is 4.79 Å². The minimum Gasteiger partial charge on any atom is -0.337 e. The SMILES string of the molecule is CCN1CCN2C(=O)CCC[C@H]2C1. The number of hydrogen-bond donors (Lipinski definition) is 0. The fourth-order valence-corrected chi connectivity index (χ4v) is 2.41. The van der Waals surface area contributed by atoms with Gasteiger partial charge in [-0.05, 0) is 19.4 Å². The Hall–Kier alpha value is -0.570. The molecule has 0 spiro atoms. The van der Waals surface area contributed by atoms with E-state index in [9.17, 15) is 4.79 Å². The van der Waals surface area contributed by atoms with Crippen molar-refractivity contribution in [1.29, 1.82) is 0 Å². The smallest absolute Gasteiger partial charge is 0.222 e. The van der Waals surface area contributed by atoms with E-state index in [1.807, 2.05) is 0 Å². The number of fused-ring (bicyclic) bond motifs is 1. The number of carbonyl (C=O) groups excluding carboxylic acids is 1. The molecule has 3 nitrogen and oxygen atoms in total. The highest BCUT2D eigenvalue weighted by atomic mass is 16.2. The zero-order valence-electron chi connectivity index (χ0n) is 8.33. The van der Waals surface area contributed by atoms with E-state index in [1.165, 1.54) is 6.42 Å². The highest BCUT2D eigenvalue weighted by molar-refractivity contribution is 5.77. The molecule has 2 fully saturated rings. The number of nitrogens with zero attached hydrogens (tertiary/aromatic N) is 2. The van der Waals surface area contributed by atoms with E-state index >= 15 is 0 Å². The van der Waals surface area contributed by atoms with E-state index in [2.05, 4.69) is 16.7 Å². The Morgan fingerprint density at radius 2 is 2.31 bits per heavy atom. The molecule has 2 rings (SSSR count). The van der Waals surface area contributed by atoms with Crippen molar-refractivity contribution in [2.24, 2.45) is 0 Å². The van der Waals surface area contributed by atoms with Gasteiger partial charge in [0.1, 0.15) is 0 Å². The molecule has 0 aromatic carbocycles. The minimum absolute atomic E-state index is 0.381. The van der Waals surface area contributed by atoms with Gasteiger partial charge >= 0.3 is 0 Å². The van der Waals surface area contributed by atoms with Gasteiger partial charge in [-0.2, -0.15) is 0 Å². The standard InChI is InChI=1S/C10H18N2O/c1-2-11-6-7-12-9(8-11)4-3-5-10(12)13/h9H,2-8H2,1H3/t9-/m0/s1. The first kappa shape index (κ1) is 9.00. The number of amides is 1.